The summed E-state index contributed by atoms with van der Waals surface area (Å²) >= 11 is 3.74. The fourth-order valence-electron chi connectivity index (χ4n) is 5.21. The van der Waals surface area contributed by atoms with Crippen LogP contribution < -0.4 is 0 Å². The van der Waals surface area contributed by atoms with Crippen molar-refractivity contribution in [3.05, 3.63) is 106 Å². The van der Waals surface area contributed by atoms with Crippen molar-refractivity contribution < 1.29 is 0 Å². The van der Waals surface area contributed by atoms with E-state index in [0.29, 0.717) is 0 Å². The topological polar surface area (TPSA) is 4.93 Å². The highest BCUT2D eigenvalue weighted by molar-refractivity contribution is 9.10. The van der Waals surface area contributed by atoms with Gasteiger partial charge in [-0.2, -0.15) is 0 Å². The molecule has 0 aliphatic heterocycles. The summed E-state index contributed by atoms with van der Waals surface area (Å²) in [7, 11) is 0. The zero-order valence-electron chi connectivity index (χ0n) is 17.1. The van der Waals surface area contributed by atoms with Gasteiger partial charge in [0, 0.05) is 38.2 Å². The van der Waals surface area contributed by atoms with Gasteiger partial charge in [-0.15, -0.1) is 0 Å². The highest BCUT2D eigenvalue weighted by Crippen LogP contribution is 2.50. The summed E-state index contributed by atoms with van der Waals surface area (Å²) in [5, 5.41) is 2.66. The molecule has 4 aromatic carbocycles. The van der Waals surface area contributed by atoms with Crippen LogP contribution in [-0.4, -0.2) is 4.57 Å². The van der Waals surface area contributed by atoms with E-state index in [-0.39, 0.29) is 5.41 Å². The molecule has 1 aromatic heterocycles. The fourth-order valence-corrected chi connectivity index (χ4v) is 5.62. The van der Waals surface area contributed by atoms with Crippen molar-refractivity contribution in [1.29, 1.82) is 0 Å². The zero-order valence-corrected chi connectivity index (χ0v) is 18.7. The van der Waals surface area contributed by atoms with E-state index in [1.807, 2.05) is 0 Å². The molecule has 0 fully saturated rings. The van der Waals surface area contributed by atoms with Crippen LogP contribution in [0.5, 0.6) is 0 Å². The van der Waals surface area contributed by atoms with Crippen LogP contribution in [0.3, 0.4) is 0 Å². The first kappa shape index (κ1) is 18.0. The summed E-state index contributed by atoms with van der Waals surface area (Å²) in [5.41, 5.74) is 9.51. The second-order valence-electron chi connectivity index (χ2n) is 8.78. The Morgan fingerprint density at radius 1 is 0.700 bits per heavy atom. The van der Waals surface area contributed by atoms with Gasteiger partial charge in [0.25, 0.3) is 0 Å². The molecule has 2 heteroatoms. The van der Waals surface area contributed by atoms with Gasteiger partial charge in [0.15, 0.2) is 0 Å². The lowest BCUT2D eigenvalue weighted by molar-refractivity contribution is 0.660. The Labute approximate surface area is 185 Å². The number of hydrogen-bond acceptors (Lipinski definition) is 0. The molecule has 1 aliphatic rings. The largest absolute Gasteiger partial charge is 0.336 e. The van der Waals surface area contributed by atoms with Crippen LogP contribution in [-0.2, 0) is 12.0 Å². The second kappa shape index (κ2) is 6.33. The van der Waals surface area contributed by atoms with Crippen LogP contribution in [0.15, 0.2) is 89.4 Å². The Hall–Kier alpha value is -2.84. The molecule has 0 bridgehead atoms. The van der Waals surface area contributed by atoms with E-state index in [1.54, 1.807) is 0 Å². The van der Waals surface area contributed by atoms with E-state index < -0.39 is 0 Å². The van der Waals surface area contributed by atoms with E-state index >= 15 is 0 Å². The van der Waals surface area contributed by atoms with Gasteiger partial charge in [0.05, 0.1) is 0 Å². The third kappa shape index (κ3) is 2.40. The van der Waals surface area contributed by atoms with Crippen molar-refractivity contribution in [3.63, 3.8) is 0 Å². The van der Waals surface area contributed by atoms with Gasteiger partial charge >= 0.3 is 0 Å². The molecule has 5 aromatic rings. The van der Waals surface area contributed by atoms with Crippen molar-refractivity contribution in [2.45, 2.75) is 25.8 Å². The molecule has 6 rings (SSSR count). The molecule has 0 saturated carbocycles. The molecule has 0 spiro atoms. The molecule has 1 aliphatic carbocycles. The number of para-hydroxylation sites is 1. The summed E-state index contributed by atoms with van der Waals surface area (Å²) < 4.78 is 3.63. The SMILES string of the molecule is CC1(C)c2ccccc2-c2cc3c4ccccc4n(Cc4ccccc4Br)c3cc21. The van der Waals surface area contributed by atoms with Crippen LogP contribution in [0.2, 0.25) is 0 Å². The second-order valence-corrected chi connectivity index (χ2v) is 9.63. The molecule has 146 valence electrons. The average Bonchev–Trinajstić information content (AvgIpc) is 3.19. The van der Waals surface area contributed by atoms with Gasteiger partial charge in [-0.1, -0.05) is 90.4 Å². The third-order valence-electron chi connectivity index (χ3n) is 6.76. The minimum atomic E-state index is 0.00866. The lowest BCUT2D eigenvalue weighted by atomic mass is 9.82. The van der Waals surface area contributed by atoms with Crippen molar-refractivity contribution in [2.75, 3.05) is 0 Å². The van der Waals surface area contributed by atoms with Crippen LogP contribution in [0.4, 0.5) is 0 Å². The Balaban J connectivity index is 1.68. The molecule has 0 atom stereocenters. The highest BCUT2D eigenvalue weighted by atomic mass is 79.9. The van der Waals surface area contributed by atoms with Gasteiger partial charge in [0.2, 0.25) is 0 Å². The van der Waals surface area contributed by atoms with E-state index in [9.17, 15) is 0 Å². The van der Waals surface area contributed by atoms with Crippen molar-refractivity contribution in [3.8, 4) is 11.1 Å². The Kier molecular flexibility index (Phi) is 3.79. The molecule has 0 unspecified atom stereocenters. The standard InChI is InChI=1S/C28H22BrN/c1-28(2)23-12-6-4-10-19(23)21-15-22-20-11-5-8-14-26(20)30(27(22)16-24(21)28)17-18-9-3-7-13-25(18)29/h3-16H,17H2,1-2H3. The maximum atomic E-state index is 3.74. The summed E-state index contributed by atoms with van der Waals surface area (Å²) in [4.78, 5) is 0. The normalized spacial score (nSPS) is 14.2. The number of hydrogen-bond donors (Lipinski definition) is 0. The molecular weight excluding hydrogens is 430 g/mol. The lowest BCUT2D eigenvalue weighted by Crippen LogP contribution is -2.15. The number of benzene rings is 4. The Morgan fingerprint density at radius 3 is 2.30 bits per heavy atom. The van der Waals surface area contributed by atoms with Crippen molar-refractivity contribution >= 4 is 37.7 Å². The first-order valence-corrected chi connectivity index (χ1v) is 11.2. The van der Waals surface area contributed by atoms with Gasteiger partial charge < -0.3 is 4.57 Å². The third-order valence-corrected chi connectivity index (χ3v) is 7.54. The zero-order chi connectivity index (χ0) is 20.5. The number of aromatic nitrogens is 1. The predicted octanol–water partition coefficient (Wildman–Crippen LogP) is 7.91. The number of rotatable bonds is 2. The summed E-state index contributed by atoms with van der Waals surface area (Å²) in [6.07, 6.45) is 0. The smallest absolute Gasteiger partial charge is 0.0498 e. The summed E-state index contributed by atoms with van der Waals surface area (Å²) in [5.74, 6) is 0. The first-order chi connectivity index (χ1) is 14.6. The Morgan fingerprint density at radius 2 is 1.43 bits per heavy atom. The molecule has 30 heavy (non-hydrogen) atoms. The minimum absolute atomic E-state index is 0.00866. The molecule has 0 amide bonds. The van der Waals surface area contributed by atoms with E-state index in [4.69, 9.17) is 0 Å². The fraction of sp³-hybridized carbons (Fsp3) is 0.143. The van der Waals surface area contributed by atoms with Crippen LogP contribution in [0.1, 0.15) is 30.5 Å². The van der Waals surface area contributed by atoms with Gasteiger partial charge in [0.1, 0.15) is 0 Å². The van der Waals surface area contributed by atoms with Crippen molar-refractivity contribution in [2.24, 2.45) is 0 Å². The lowest BCUT2D eigenvalue weighted by Gasteiger charge is -2.21. The average molecular weight is 452 g/mol. The monoisotopic (exact) mass is 451 g/mol. The summed E-state index contributed by atoms with van der Waals surface area (Å²) in [6, 6.07) is 31.1. The molecule has 1 heterocycles. The maximum absolute atomic E-state index is 3.74. The van der Waals surface area contributed by atoms with Gasteiger partial charge in [-0.25, -0.2) is 0 Å². The highest BCUT2D eigenvalue weighted by Gasteiger charge is 2.35. The van der Waals surface area contributed by atoms with Crippen LogP contribution in [0.25, 0.3) is 32.9 Å². The van der Waals surface area contributed by atoms with Crippen molar-refractivity contribution in [1.82, 2.24) is 4.57 Å². The van der Waals surface area contributed by atoms with Gasteiger partial charge in [-0.05, 0) is 52.1 Å². The number of halogens is 1. The number of nitrogens with zero attached hydrogens (tertiary/aromatic N) is 1. The molecule has 0 radical (unpaired) electrons. The molecule has 0 saturated heterocycles. The molecule has 0 N–H and O–H groups in total. The van der Waals surface area contributed by atoms with Gasteiger partial charge in [-0.3, -0.25) is 0 Å². The first-order valence-electron chi connectivity index (χ1n) is 10.4. The van der Waals surface area contributed by atoms with Crippen LogP contribution >= 0.6 is 15.9 Å². The van der Waals surface area contributed by atoms with Crippen LogP contribution in [0, 0.1) is 0 Å². The minimum Gasteiger partial charge on any atom is -0.336 e. The summed E-state index contributed by atoms with van der Waals surface area (Å²) in [6.45, 7) is 5.55. The quantitative estimate of drug-likeness (QED) is 0.256. The number of fused-ring (bicyclic) bond motifs is 6. The van der Waals surface area contributed by atoms with E-state index in [2.05, 4.69) is 119 Å². The van der Waals surface area contributed by atoms with E-state index in [1.165, 1.54) is 49.6 Å². The molecule has 1 nitrogen and oxygen atoms in total. The molecular formula is C28H22BrN. The Bertz CT molecular complexity index is 1450. The predicted molar refractivity (Wildman–Crippen MR) is 130 cm³/mol. The maximum Gasteiger partial charge on any atom is 0.0498 e. The van der Waals surface area contributed by atoms with E-state index in [0.717, 1.165) is 11.0 Å².